The number of hydrogen-bond acceptors (Lipinski definition) is 7. The van der Waals surface area contributed by atoms with E-state index in [1.165, 1.54) is 16.7 Å². The summed E-state index contributed by atoms with van der Waals surface area (Å²) in [5.74, 6) is -1.78. The Morgan fingerprint density at radius 2 is 1.79 bits per heavy atom. The number of thioether (sulfide) groups is 1. The van der Waals surface area contributed by atoms with E-state index in [-0.39, 0.29) is 23.6 Å². The third kappa shape index (κ3) is 3.66. The Morgan fingerprint density at radius 3 is 2.55 bits per heavy atom. The van der Waals surface area contributed by atoms with Crippen molar-refractivity contribution in [3.63, 3.8) is 0 Å². The minimum absolute atomic E-state index is 0.170. The fourth-order valence-corrected chi connectivity index (χ4v) is 6.12. The van der Waals surface area contributed by atoms with Gasteiger partial charge >= 0.3 is 11.9 Å². The average Bonchev–Trinajstić information content (AvgIpc) is 3.24. The molecular weight excluding hydrogens is 444 g/mol. The summed E-state index contributed by atoms with van der Waals surface area (Å²) in [4.78, 5) is 52.0. The molecule has 2 aromatic rings. The van der Waals surface area contributed by atoms with Crippen molar-refractivity contribution < 1.29 is 28.7 Å². The first-order chi connectivity index (χ1) is 15.8. The van der Waals surface area contributed by atoms with Gasteiger partial charge in [-0.05, 0) is 25.5 Å². The number of β-lactam (4-membered cyclic amide) rings is 1. The summed E-state index contributed by atoms with van der Waals surface area (Å²) in [7, 11) is 0. The van der Waals surface area contributed by atoms with Crippen LogP contribution in [0.4, 0.5) is 0 Å². The Bertz CT molecular complexity index is 1150. The van der Waals surface area contributed by atoms with Gasteiger partial charge in [0.05, 0.1) is 12.0 Å². The molecule has 1 unspecified atom stereocenters. The van der Waals surface area contributed by atoms with Crippen LogP contribution in [-0.4, -0.2) is 50.9 Å². The van der Waals surface area contributed by atoms with Gasteiger partial charge in [-0.15, -0.1) is 11.8 Å². The van der Waals surface area contributed by atoms with Crippen LogP contribution in [0.1, 0.15) is 41.6 Å². The summed E-state index contributed by atoms with van der Waals surface area (Å²) >= 11 is 1.44. The first-order valence-corrected chi connectivity index (χ1v) is 11.5. The van der Waals surface area contributed by atoms with Crippen molar-refractivity contribution in [2.45, 2.75) is 48.8 Å². The molecule has 2 amide bonds. The van der Waals surface area contributed by atoms with E-state index < -0.39 is 35.1 Å². The molecule has 33 heavy (non-hydrogen) atoms. The Balaban J connectivity index is 1.27. The largest absolute Gasteiger partial charge is 0.419 e. The summed E-state index contributed by atoms with van der Waals surface area (Å²) in [5.41, 5.74) is 1.69. The van der Waals surface area contributed by atoms with Gasteiger partial charge in [0.15, 0.2) is 0 Å². The standard InChI is InChI=1S/C24H22N2O6S/c1-24(2)18(22(30)32-23-15-11-7-6-10-14(15)21(29)31-23)26-19(28)17(20(26)33-24)25-16(27)12-13-8-4-3-5-9-13/h3-11,17-18,20,23H,12H2,1-2H3,(H,25,27)/t17-,18+,20-,23?/m1/s1. The van der Waals surface area contributed by atoms with Crippen molar-refractivity contribution in [3.8, 4) is 0 Å². The number of hydrogen-bond donors (Lipinski definition) is 1. The Labute approximate surface area is 194 Å². The number of benzene rings is 2. The predicted octanol–water partition coefficient (Wildman–Crippen LogP) is 2.19. The minimum atomic E-state index is -1.14. The van der Waals surface area contributed by atoms with Crippen LogP contribution in [0.25, 0.3) is 0 Å². The van der Waals surface area contributed by atoms with Gasteiger partial charge < -0.3 is 19.7 Å². The average molecular weight is 467 g/mol. The third-order valence-electron chi connectivity index (χ3n) is 6.06. The smallest absolute Gasteiger partial charge is 0.342 e. The van der Waals surface area contributed by atoms with Crippen LogP contribution in [-0.2, 0) is 30.3 Å². The molecule has 2 saturated heterocycles. The van der Waals surface area contributed by atoms with Crippen molar-refractivity contribution in [2.24, 2.45) is 0 Å². The van der Waals surface area contributed by atoms with Crippen LogP contribution in [0.15, 0.2) is 54.6 Å². The first kappa shape index (κ1) is 21.5. The molecule has 0 saturated carbocycles. The zero-order chi connectivity index (χ0) is 23.3. The normalized spacial score (nSPS) is 26.7. The second-order valence-corrected chi connectivity index (χ2v) is 10.5. The lowest BCUT2D eigenvalue weighted by molar-refractivity contribution is -0.180. The maximum Gasteiger partial charge on any atom is 0.342 e. The van der Waals surface area contributed by atoms with E-state index in [1.54, 1.807) is 24.3 Å². The maximum absolute atomic E-state index is 13.1. The molecule has 8 nitrogen and oxygen atoms in total. The highest BCUT2D eigenvalue weighted by molar-refractivity contribution is 8.01. The Hall–Kier alpha value is -3.33. The van der Waals surface area contributed by atoms with Gasteiger partial charge in [-0.3, -0.25) is 9.59 Å². The molecular formula is C24H22N2O6S. The molecule has 3 aliphatic rings. The summed E-state index contributed by atoms with van der Waals surface area (Å²) in [5, 5.41) is 2.43. The number of esters is 2. The SMILES string of the molecule is CC1(C)S[C@@H]2[C@H](NC(=O)Cc3ccccc3)C(=O)N2[C@H]1C(=O)OC1OC(=O)c2ccccc21. The van der Waals surface area contributed by atoms with Crippen LogP contribution in [0.5, 0.6) is 0 Å². The molecule has 4 atom stereocenters. The molecule has 2 aromatic carbocycles. The summed E-state index contributed by atoms with van der Waals surface area (Å²) < 4.78 is 10.1. The summed E-state index contributed by atoms with van der Waals surface area (Å²) in [6, 6.07) is 14.4. The van der Waals surface area contributed by atoms with Crippen molar-refractivity contribution in [1.82, 2.24) is 10.2 Å². The fourth-order valence-electron chi connectivity index (χ4n) is 4.50. The number of amides is 2. The quantitative estimate of drug-likeness (QED) is 0.532. The predicted molar refractivity (Wildman–Crippen MR) is 119 cm³/mol. The number of carbonyl (C=O) groups excluding carboxylic acids is 4. The highest BCUT2D eigenvalue weighted by atomic mass is 32.2. The Morgan fingerprint density at radius 1 is 1.09 bits per heavy atom. The lowest BCUT2D eigenvalue weighted by atomic mass is 9.95. The molecule has 0 spiro atoms. The van der Waals surface area contributed by atoms with Crippen LogP contribution in [0.2, 0.25) is 0 Å². The van der Waals surface area contributed by atoms with Crippen molar-refractivity contribution in [3.05, 3.63) is 71.3 Å². The molecule has 3 aliphatic heterocycles. The van der Waals surface area contributed by atoms with E-state index in [1.807, 2.05) is 44.2 Å². The molecule has 0 bridgehead atoms. The van der Waals surface area contributed by atoms with E-state index in [0.717, 1.165) is 5.56 Å². The lowest BCUT2D eigenvalue weighted by Crippen LogP contribution is -2.70. The lowest BCUT2D eigenvalue weighted by Gasteiger charge is -2.44. The van der Waals surface area contributed by atoms with E-state index in [0.29, 0.717) is 11.1 Å². The summed E-state index contributed by atoms with van der Waals surface area (Å²) in [6.45, 7) is 3.71. The fraction of sp³-hybridized carbons (Fsp3) is 0.333. The van der Waals surface area contributed by atoms with Gasteiger partial charge in [0.2, 0.25) is 11.8 Å². The number of nitrogens with one attached hydrogen (secondary N) is 1. The molecule has 0 aliphatic carbocycles. The summed E-state index contributed by atoms with van der Waals surface area (Å²) in [6.07, 6.45) is -0.970. The van der Waals surface area contributed by atoms with E-state index in [9.17, 15) is 19.2 Å². The molecule has 3 heterocycles. The molecule has 170 valence electrons. The second-order valence-electron chi connectivity index (χ2n) is 8.73. The van der Waals surface area contributed by atoms with Crippen molar-refractivity contribution >= 4 is 35.5 Å². The minimum Gasteiger partial charge on any atom is -0.419 e. The number of fused-ring (bicyclic) bond motifs is 2. The molecule has 0 radical (unpaired) electrons. The monoisotopic (exact) mass is 466 g/mol. The van der Waals surface area contributed by atoms with Crippen LogP contribution in [0, 0.1) is 0 Å². The van der Waals surface area contributed by atoms with E-state index in [2.05, 4.69) is 5.32 Å². The van der Waals surface area contributed by atoms with Gasteiger partial charge in [0.1, 0.15) is 17.5 Å². The number of nitrogens with zero attached hydrogens (tertiary/aromatic N) is 1. The van der Waals surface area contributed by atoms with Crippen LogP contribution < -0.4 is 5.32 Å². The maximum atomic E-state index is 13.1. The van der Waals surface area contributed by atoms with Crippen molar-refractivity contribution in [2.75, 3.05) is 0 Å². The van der Waals surface area contributed by atoms with Gasteiger partial charge in [-0.25, -0.2) is 9.59 Å². The number of ether oxygens (including phenoxy) is 2. The Kier molecular flexibility index (Phi) is 5.16. The number of cyclic esters (lactones) is 1. The highest BCUT2D eigenvalue weighted by Gasteiger charge is 2.64. The van der Waals surface area contributed by atoms with Gasteiger partial charge in [-0.2, -0.15) is 0 Å². The highest BCUT2D eigenvalue weighted by Crippen LogP contribution is 2.51. The van der Waals surface area contributed by atoms with E-state index >= 15 is 0 Å². The van der Waals surface area contributed by atoms with Crippen LogP contribution in [0.3, 0.4) is 0 Å². The zero-order valence-corrected chi connectivity index (χ0v) is 18.8. The molecule has 9 heteroatoms. The third-order valence-corrected chi connectivity index (χ3v) is 7.63. The van der Waals surface area contributed by atoms with E-state index in [4.69, 9.17) is 9.47 Å². The number of rotatable bonds is 5. The number of carbonyl (C=O) groups is 4. The van der Waals surface area contributed by atoms with Gasteiger partial charge in [0, 0.05) is 10.3 Å². The van der Waals surface area contributed by atoms with Gasteiger partial charge in [0.25, 0.3) is 6.29 Å². The first-order valence-electron chi connectivity index (χ1n) is 10.6. The topological polar surface area (TPSA) is 102 Å². The zero-order valence-electron chi connectivity index (χ0n) is 18.0. The molecule has 5 rings (SSSR count). The molecule has 0 aromatic heterocycles. The van der Waals surface area contributed by atoms with Crippen LogP contribution >= 0.6 is 11.8 Å². The molecule has 1 N–H and O–H groups in total. The van der Waals surface area contributed by atoms with Gasteiger partial charge in [-0.1, -0.05) is 48.5 Å². The molecule has 2 fully saturated rings. The van der Waals surface area contributed by atoms with Crippen molar-refractivity contribution in [1.29, 1.82) is 0 Å². The second kappa shape index (κ2) is 7.91.